The molecule has 2 aromatic rings. The Morgan fingerprint density at radius 2 is 1.78 bits per heavy atom. The van der Waals surface area contributed by atoms with E-state index >= 15 is 0 Å². The van der Waals surface area contributed by atoms with Crippen LogP contribution in [0.1, 0.15) is 38.3 Å². The van der Waals surface area contributed by atoms with Gasteiger partial charge < -0.3 is 30.0 Å². The molecule has 8 heteroatoms. The number of furan rings is 1. The summed E-state index contributed by atoms with van der Waals surface area (Å²) in [6.45, 7) is 2.17. The zero-order valence-corrected chi connectivity index (χ0v) is 14.8. The fraction of sp³-hybridized carbons (Fsp3) is 0.368. The molecule has 27 heavy (non-hydrogen) atoms. The van der Waals surface area contributed by atoms with Crippen LogP contribution in [-0.4, -0.2) is 53.9 Å². The molecule has 1 aromatic carbocycles. The fourth-order valence-electron chi connectivity index (χ4n) is 2.86. The number of carbonyl (C=O) groups excluding carboxylic acids is 2. The molecule has 1 aliphatic rings. The van der Waals surface area contributed by atoms with Crippen LogP contribution in [0.2, 0.25) is 0 Å². The van der Waals surface area contributed by atoms with Gasteiger partial charge in [-0.2, -0.15) is 0 Å². The highest BCUT2D eigenvalue weighted by Crippen LogP contribution is 2.32. The molecule has 0 aliphatic carbocycles. The minimum absolute atomic E-state index is 0.00816. The molecule has 0 radical (unpaired) electrons. The van der Waals surface area contributed by atoms with Gasteiger partial charge in [0.2, 0.25) is 0 Å². The van der Waals surface area contributed by atoms with Crippen LogP contribution in [0, 0.1) is 6.92 Å². The molecule has 1 aliphatic heterocycles. The molecule has 4 N–H and O–H groups in total. The SMILES string of the molecule is Cc1oc([C@@H]2OC[C@@H](O)[C@H]2O)cc1C(=O)NCCNC(=O)c1ccccc1. The molecule has 0 unspecified atom stereocenters. The first-order valence-electron chi connectivity index (χ1n) is 8.67. The summed E-state index contributed by atoms with van der Waals surface area (Å²) < 4.78 is 10.8. The Morgan fingerprint density at radius 1 is 1.11 bits per heavy atom. The quantitative estimate of drug-likeness (QED) is 0.548. The van der Waals surface area contributed by atoms with Gasteiger partial charge in [0.05, 0.1) is 12.2 Å². The van der Waals surface area contributed by atoms with Crippen LogP contribution in [0.3, 0.4) is 0 Å². The highest BCUT2D eigenvalue weighted by molar-refractivity contribution is 5.95. The van der Waals surface area contributed by atoms with Crippen molar-refractivity contribution in [2.24, 2.45) is 0 Å². The summed E-state index contributed by atoms with van der Waals surface area (Å²) in [6, 6.07) is 10.3. The predicted molar refractivity (Wildman–Crippen MR) is 95.3 cm³/mol. The molecule has 0 spiro atoms. The van der Waals surface area contributed by atoms with Crippen molar-refractivity contribution < 1.29 is 29.0 Å². The monoisotopic (exact) mass is 374 g/mol. The Kier molecular flexibility index (Phi) is 5.90. The number of carbonyl (C=O) groups is 2. The second kappa shape index (κ2) is 8.34. The largest absolute Gasteiger partial charge is 0.463 e. The number of amides is 2. The van der Waals surface area contributed by atoms with Crippen molar-refractivity contribution in [3.63, 3.8) is 0 Å². The standard InChI is InChI=1S/C19H22N2O6/c1-11-13(9-15(27-11)17-16(23)14(22)10-26-17)19(25)21-8-7-20-18(24)12-5-3-2-4-6-12/h2-6,9,14,16-17,22-23H,7-8,10H2,1H3,(H,20,24)(H,21,25)/t14-,16-,17+/m1/s1. The highest BCUT2D eigenvalue weighted by Gasteiger charge is 2.38. The minimum Gasteiger partial charge on any atom is -0.463 e. The van der Waals surface area contributed by atoms with Gasteiger partial charge in [0.15, 0.2) is 0 Å². The number of hydrogen-bond donors (Lipinski definition) is 4. The average molecular weight is 374 g/mol. The third-order valence-electron chi connectivity index (χ3n) is 4.34. The van der Waals surface area contributed by atoms with Crippen molar-refractivity contribution in [2.45, 2.75) is 25.2 Å². The van der Waals surface area contributed by atoms with E-state index in [1.54, 1.807) is 31.2 Å². The summed E-state index contributed by atoms with van der Waals surface area (Å²) in [5.41, 5.74) is 0.869. The number of aryl methyl sites for hydroxylation is 1. The molecule has 1 saturated heterocycles. The van der Waals surface area contributed by atoms with Crippen LogP contribution in [-0.2, 0) is 4.74 Å². The maximum Gasteiger partial charge on any atom is 0.254 e. The summed E-state index contributed by atoms with van der Waals surface area (Å²) in [4.78, 5) is 24.2. The Labute approximate surface area is 156 Å². The van der Waals surface area contributed by atoms with Crippen LogP contribution in [0.5, 0.6) is 0 Å². The maximum absolute atomic E-state index is 12.3. The van der Waals surface area contributed by atoms with Gasteiger partial charge in [-0.05, 0) is 25.1 Å². The van der Waals surface area contributed by atoms with E-state index < -0.39 is 18.3 Å². The van der Waals surface area contributed by atoms with E-state index in [9.17, 15) is 19.8 Å². The molecule has 144 valence electrons. The zero-order valence-electron chi connectivity index (χ0n) is 14.8. The Bertz CT molecular complexity index is 804. The second-order valence-electron chi connectivity index (χ2n) is 6.31. The van der Waals surface area contributed by atoms with Crippen molar-refractivity contribution in [3.8, 4) is 0 Å². The van der Waals surface area contributed by atoms with Crippen molar-refractivity contribution in [1.82, 2.24) is 10.6 Å². The molecular weight excluding hydrogens is 352 g/mol. The van der Waals surface area contributed by atoms with Gasteiger partial charge >= 0.3 is 0 Å². The van der Waals surface area contributed by atoms with Gasteiger partial charge in [0, 0.05) is 18.7 Å². The lowest BCUT2D eigenvalue weighted by molar-refractivity contribution is 0.0117. The first-order chi connectivity index (χ1) is 13.0. The average Bonchev–Trinajstić information content (AvgIpc) is 3.21. The van der Waals surface area contributed by atoms with Crippen molar-refractivity contribution in [1.29, 1.82) is 0 Å². The lowest BCUT2D eigenvalue weighted by Gasteiger charge is -2.11. The number of rotatable bonds is 6. The van der Waals surface area contributed by atoms with Gasteiger partial charge in [-0.1, -0.05) is 18.2 Å². The molecule has 1 aromatic heterocycles. The number of benzene rings is 1. The molecular formula is C19H22N2O6. The van der Waals surface area contributed by atoms with Crippen molar-refractivity contribution >= 4 is 11.8 Å². The Morgan fingerprint density at radius 3 is 2.41 bits per heavy atom. The highest BCUT2D eigenvalue weighted by atomic mass is 16.5. The molecule has 0 bridgehead atoms. The summed E-state index contributed by atoms with van der Waals surface area (Å²) in [5, 5.41) is 24.9. The third-order valence-corrected chi connectivity index (χ3v) is 4.34. The Hall–Kier alpha value is -2.68. The van der Waals surface area contributed by atoms with E-state index in [4.69, 9.17) is 9.15 Å². The topological polar surface area (TPSA) is 121 Å². The predicted octanol–water partition coefficient (Wildman–Crippen LogP) is 0.541. The number of hydrogen-bond acceptors (Lipinski definition) is 6. The number of ether oxygens (including phenoxy) is 1. The third kappa shape index (κ3) is 4.36. The molecule has 3 rings (SSSR count). The molecule has 8 nitrogen and oxygen atoms in total. The van der Waals surface area contributed by atoms with Gasteiger partial charge in [0.25, 0.3) is 11.8 Å². The van der Waals surface area contributed by atoms with Crippen LogP contribution >= 0.6 is 0 Å². The van der Waals surface area contributed by atoms with Crippen LogP contribution in [0.25, 0.3) is 0 Å². The minimum atomic E-state index is -1.10. The van der Waals surface area contributed by atoms with Gasteiger partial charge in [-0.15, -0.1) is 0 Å². The molecule has 2 heterocycles. The molecule has 1 fully saturated rings. The maximum atomic E-state index is 12.3. The van der Waals surface area contributed by atoms with Crippen LogP contribution < -0.4 is 10.6 Å². The second-order valence-corrected chi connectivity index (χ2v) is 6.31. The lowest BCUT2D eigenvalue weighted by atomic mass is 10.1. The van der Waals surface area contributed by atoms with E-state index in [-0.39, 0.29) is 31.5 Å². The molecule has 2 amide bonds. The first kappa shape index (κ1) is 19.1. The van der Waals surface area contributed by atoms with E-state index in [1.165, 1.54) is 6.07 Å². The smallest absolute Gasteiger partial charge is 0.254 e. The number of aliphatic hydroxyl groups is 2. The van der Waals surface area contributed by atoms with E-state index in [1.807, 2.05) is 6.07 Å². The summed E-state index contributed by atoms with van der Waals surface area (Å²) >= 11 is 0. The zero-order chi connectivity index (χ0) is 19.4. The molecule has 3 atom stereocenters. The number of nitrogens with one attached hydrogen (secondary N) is 2. The first-order valence-corrected chi connectivity index (χ1v) is 8.67. The lowest BCUT2D eigenvalue weighted by Crippen LogP contribution is -2.34. The van der Waals surface area contributed by atoms with Gasteiger partial charge in [-0.25, -0.2) is 0 Å². The summed E-state index contributed by atoms with van der Waals surface area (Å²) in [5.74, 6) is 0.106. The molecule has 0 saturated carbocycles. The Balaban J connectivity index is 1.51. The van der Waals surface area contributed by atoms with Crippen molar-refractivity contribution in [3.05, 3.63) is 59.0 Å². The van der Waals surface area contributed by atoms with Gasteiger partial charge in [-0.3, -0.25) is 9.59 Å². The van der Waals surface area contributed by atoms with E-state index in [0.717, 1.165) is 0 Å². The number of aliphatic hydroxyl groups excluding tert-OH is 2. The summed E-state index contributed by atoms with van der Waals surface area (Å²) in [6.07, 6.45) is -2.88. The van der Waals surface area contributed by atoms with Gasteiger partial charge in [0.1, 0.15) is 29.8 Å². The normalized spacial score (nSPS) is 21.8. The van der Waals surface area contributed by atoms with E-state index in [0.29, 0.717) is 22.6 Å². The summed E-state index contributed by atoms with van der Waals surface area (Å²) in [7, 11) is 0. The fourth-order valence-corrected chi connectivity index (χ4v) is 2.86. The van der Waals surface area contributed by atoms with Crippen LogP contribution in [0.15, 0.2) is 40.8 Å². The van der Waals surface area contributed by atoms with E-state index in [2.05, 4.69) is 10.6 Å². The van der Waals surface area contributed by atoms with Crippen LogP contribution in [0.4, 0.5) is 0 Å². The van der Waals surface area contributed by atoms with Crippen molar-refractivity contribution in [2.75, 3.05) is 19.7 Å².